The van der Waals surface area contributed by atoms with Gasteiger partial charge in [-0.05, 0) is 6.42 Å². The highest BCUT2D eigenvalue weighted by Gasteiger charge is 2.25. The molecular formula is C19H39F3O. The molecule has 23 heavy (non-hydrogen) atoms. The van der Waals surface area contributed by atoms with Gasteiger partial charge < -0.3 is 5.48 Å². The smallest absolute Gasteiger partial charge is 0.389 e. The van der Waals surface area contributed by atoms with Crippen LogP contribution in [0.4, 0.5) is 13.2 Å². The molecular weight excluding hydrogens is 301 g/mol. The number of halogens is 3. The van der Waals surface area contributed by atoms with Crippen molar-refractivity contribution in [3.63, 3.8) is 0 Å². The van der Waals surface area contributed by atoms with Crippen LogP contribution in [0.5, 0.6) is 0 Å². The molecule has 0 amide bonds. The van der Waals surface area contributed by atoms with Gasteiger partial charge in [-0.3, -0.25) is 0 Å². The molecule has 0 aromatic heterocycles. The van der Waals surface area contributed by atoms with Gasteiger partial charge >= 0.3 is 6.18 Å². The first-order valence-corrected chi connectivity index (χ1v) is 9.63. The highest BCUT2D eigenvalue weighted by atomic mass is 19.4. The first-order chi connectivity index (χ1) is 10.6. The largest absolute Gasteiger partial charge is 0.412 e. The Labute approximate surface area is 141 Å². The van der Waals surface area contributed by atoms with E-state index in [-0.39, 0.29) is 5.48 Å². The lowest BCUT2D eigenvalue weighted by atomic mass is 10.0. The van der Waals surface area contributed by atoms with E-state index in [1.54, 1.807) is 0 Å². The number of alkyl halides is 3. The van der Waals surface area contributed by atoms with Crippen molar-refractivity contribution in [1.29, 1.82) is 0 Å². The average Bonchev–Trinajstić information content (AvgIpc) is 2.45. The highest BCUT2D eigenvalue weighted by Crippen LogP contribution is 2.23. The van der Waals surface area contributed by atoms with Gasteiger partial charge in [0, 0.05) is 6.42 Å². The summed E-state index contributed by atoms with van der Waals surface area (Å²) in [6.45, 7) is 2.25. The second kappa shape index (κ2) is 18.1. The molecule has 0 radical (unpaired) electrons. The van der Waals surface area contributed by atoms with E-state index in [2.05, 4.69) is 6.92 Å². The summed E-state index contributed by atoms with van der Waals surface area (Å²) in [5.41, 5.74) is 0. The quantitative estimate of drug-likeness (QED) is 0.263. The molecule has 0 fully saturated rings. The van der Waals surface area contributed by atoms with Crippen molar-refractivity contribution < 1.29 is 18.6 Å². The number of unbranched alkanes of at least 4 members (excludes halogenated alkanes) is 15. The van der Waals surface area contributed by atoms with E-state index in [0.29, 0.717) is 6.42 Å². The summed E-state index contributed by atoms with van der Waals surface area (Å²) < 4.78 is 35.8. The van der Waals surface area contributed by atoms with Gasteiger partial charge in [0.15, 0.2) is 0 Å². The predicted molar refractivity (Wildman–Crippen MR) is 93.8 cm³/mol. The van der Waals surface area contributed by atoms with Crippen LogP contribution in [0.25, 0.3) is 0 Å². The second-order valence-electron chi connectivity index (χ2n) is 6.67. The third-order valence-electron chi connectivity index (χ3n) is 4.31. The summed E-state index contributed by atoms with van der Waals surface area (Å²) >= 11 is 0. The van der Waals surface area contributed by atoms with Gasteiger partial charge in [-0.15, -0.1) is 0 Å². The summed E-state index contributed by atoms with van der Waals surface area (Å²) in [5, 5.41) is 0. The van der Waals surface area contributed by atoms with E-state index in [9.17, 15) is 13.2 Å². The Bertz CT molecular complexity index is 217. The first kappa shape index (κ1) is 25.0. The van der Waals surface area contributed by atoms with Crippen LogP contribution in [-0.2, 0) is 0 Å². The molecule has 0 rings (SSSR count). The Morgan fingerprint density at radius 3 is 1.00 bits per heavy atom. The lowest BCUT2D eigenvalue weighted by molar-refractivity contribution is -0.135. The normalized spacial score (nSPS) is 11.5. The van der Waals surface area contributed by atoms with Crippen LogP contribution in [-0.4, -0.2) is 11.7 Å². The van der Waals surface area contributed by atoms with Crippen LogP contribution in [0, 0.1) is 0 Å². The third kappa shape index (κ3) is 24.1. The molecule has 0 aromatic rings. The van der Waals surface area contributed by atoms with E-state index in [0.717, 1.165) is 19.3 Å². The van der Waals surface area contributed by atoms with Crippen molar-refractivity contribution in [3.05, 3.63) is 0 Å². The van der Waals surface area contributed by atoms with E-state index in [1.807, 2.05) is 0 Å². The van der Waals surface area contributed by atoms with Crippen LogP contribution in [0.1, 0.15) is 116 Å². The van der Waals surface area contributed by atoms with Gasteiger partial charge in [-0.2, -0.15) is 13.2 Å². The first-order valence-electron chi connectivity index (χ1n) is 9.63. The molecule has 0 atom stereocenters. The molecule has 0 saturated heterocycles. The molecule has 0 spiro atoms. The van der Waals surface area contributed by atoms with Gasteiger partial charge in [0.1, 0.15) is 0 Å². The Morgan fingerprint density at radius 2 is 0.739 bits per heavy atom. The number of rotatable bonds is 16. The lowest BCUT2D eigenvalue weighted by Gasteiger charge is -2.05. The summed E-state index contributed by atoms with van der Waals surface area (Å²) in [6.07, 6.45) is 14.7. The molecule has 4 heteroatoms. The molecule has 0 heterocycles. The summed E-state index contributed by atoms with van der Waals surface area (Å²) in [4.78, 5) is 0. The van der Waals surface area contributed by atoms with Gasteiger partial charge in [-0.1, -0.05) is 103 Å². The molecule has 0 aliphatic rings. The molecule has 0 aliphatic carbocycles. The maximum atomic E-state index is 11.9. The predicted octanol–water partition coefficient (Wildman–Crippen LogP) is 7.38. The summed E-state index contributed by atoms with van der Waals surface area (Å²) in [6, 6.07) is 0. The Kier molecular flexibility index (Phi) is 19.7. The van der Waals surface area contributed by atoms with E-state index in [1.165, 1.54) is 77.0 Å². The number of hydrogen-bond donors (Lipinski definition) is 0. The minimum Gasteiger partial charge on any atom is -0.412 e. The van der Waals surface area contributed by atoms with E-state index in [4.69, 9.17) is 0 Å². The van der Waals surface area contributed by atoms with Crippen LogP contribution in [0.3, 0.4) is 0 Å². The minimum absolute atomic E-state index is 0. The van der Waals surface area contributed by atoms with Crippen LogP contribution in [0.15, 0.2) is 0 Å². The lowest BCUT2D eigenvalue weighted by Crippen LogP contribution is -2.06. The molecule has 0 saturated carbocycles. The fraction of sp³-hybridized carbons (Fsp3) is 1.00. The average molecular weight is 341 g/mol. The molecule has 0 unspecified atom stereocenters. The molecule has 2 N–H and O–H groups in total. The van der Waals surface area contributed by atoms with Gasteiger partial charge in [0.2, 0.25) is 0 Å². The molecule has 1 nitrogen and oxygen atoms in total. The standard InChI is InChI=1S/C19H37F3.H2O/c1-2-3-4-5-6-7-8-9-10-11-12-13-14-15-16-17-18-19(20,21)22;/h2-18H2,1H3;1H2. The zero-order chi connectivity index (χ0) is 16.5. The Morgan fingerprint density at radius 1 is 0.478 bits per heavy atom. The molecule has 0 aromatic carbocycles. The van der Waals surface area contributed by atoms with Crippen molar-refractivity contribution in [1.82, 2.24) is 0 Å². The molecule has 0 aliphatic heterocycles. The molecule has 142 valence electrons. The van der Waals surface area contributed by atoms with E-state index >= 15 is 0 Å². The van der Waals surface area contributed by atoms with Crippen LogP contribution in [0.2, 0.25) is 0 Å². The van der Waals surface area contributed by atoms with Crippen molar-refractivity contribution in [2.45, 2.75) is 122 Å². The Balaban J connectivity index is 0. The topological polar surface area (TPSA) is 31.5 Å². The zero-order valence-corrected chi connectivity index (χ0v) is 15.2. The van der Waals surface area contributed by atoms with E-state index < -0.39 is 12.6 Å². The van der Waals surface area contributed by atoms with Crippen molar-refractivity contribution in [3.8, 4) is 0 Å². The van der Waals surface area contributed by atoms with Crippen molar-refractivity contribution in [2.24, 2.45) is 0 Å². The summed E-state index contributed by atoms with van der Waals surface area (Å²) in [7, 11) is 0. The maximum absolute atomic E-state index is 11.9. The highest BCUT2D eigenvalue weighted by molar-refractivity contribution is 4.53. The fourth-order valence-electron chi connectivity index (χ4n) is 2.87. The van der Waals surface area contributed by atoms with Gasteiger partial charge in [0.05, 0.1) is 0 Å². The monoisotopic (exact) mass is 340 g/mol. The van der Waals surface area contributed by atoms with Gasteiger partial charge in [-0.25, -0.2) is 0 Å². The fourth-order valence-corrected chi connectivity index (χ4v) is 2.87. The van der Waals surface area contributed by atoms with Crippen LogP contribution < -0.4 is 0 Å². The SMILES string of the molecule is CCCCCCCCCCCCCCCCCCC(F)(F)F.O. The summed E-state index contributed by atoms with van der Waals surface area (Å²) in [5.74, 6) is 0. The van der Waals surface area contributed by atoms with Crippen LogP contribution >= 0.6 is 0 Å². The van der Waals surface area contributed by atoms with Gasteiger partial charge in [0.25, 0.3) is 0 Å². The maximum Gasteiger partial charge on any atom is 0.389 e. The van der Waals surface area contributed by atoms with Crippen molar-refractivity contribution in [2.75, 3.05) is 0 Å². The number of hydrogen-bond acceptors (Lipinski definition) is 0. The third-order valence-corrected chi connectivity index (χ3v) is 4.31. The van der Waals surface area contributed by atoms with Crippen molar-refractivity contribution >= 4 is 0 Å². The Hall–Kier alpha value is -0.250. The molecule has 0 bridgehead atoms. The minimum atomic E-state index is -3.96. The second-order valence-corrected chi connectivity index (χ2v) is 6.67. The zero-order valence-electron chi connectivity index (χ0n) is 15.2.